The first-order chi connectivity index (χ1) is 13.8. The van der Waals surface area contributed by atoms with Crippen LogP contribution in [-0.2, 0) is 16.6 Å². The van der Waals surface area contributed by atoms with Crippen LogP contribution in [0, 0.1) is 6.92 Å². The van der Waals surface area contributed by atoms with Crippen LogP contribution in [0.25, 0.3) is 0 Å². The average molecular weight is 429 g/mol. The fourth-order valence-corrected chi connectivity index (χ4v) is 4.24. The number of amides is 1. The van der Waals surface area contributed by atoms with Crippen LogP contribution < -0.4 is 4.72 Å². The minimum atomic E-state index is -3.89. The molecule has 0 atom stereocenters. The first-order valence-electron chi connectivity index (χ1n) is 8.95. The molecule has 150 valence electrons. The van der Waals surface area contributed by atoms with Crippen molar-refractivity contribution in [3.63, 3.8) is 0 Å². The van der Waals surface area contributed by atoms with E-state index in [1.807, 2.05) is 31.2 Å². The van der Waals surface area contributed by atoms with Crippen LogP contribution in [0.3, 0.4) is 0 Å². The first kappa shape index (κ1) is 20.9. The number of halogens is 1. The molecule has 0 bridgehead atoms. The van der Waals surface area contributed by atoms with Crippen molar-refractivity contribution in [2.75, 3.05) is 11.8 Å². The first-order valence-corrected chi connectivity index (χ1v) is 10.8. The van der Waals surface area contributed by atoms with Crippen molar-refractivity contribution in [2.24, 2.45) is 0 Å². The molecule has 0 spiro atoms. The second-order valence-electron chi connectivity index (χ2n) is 6.70. The van der Waals surface area contributed by atoms with Crippen LogP contribution in [-0.4, -0.2) is 26.3 Å². The molecule has 0 aliphatic rings. The number of carbonyl (C=O) groups excluding carboxylic acids is 1. The number of benzene rings is 3. The second kappa shape index (κ2) is 8.68. The molecule has 0 saturated carbocycles. The van der Waals surface area contributed by atoms with Crippen LogP contribution in [0.15, 0.2) is 77.7 Å². The SMILES string of the molecule is Cc1ccccc1CN(C)C(=O)c1cccc(S(=O)(=O)Nc2ccccc2Cl)c1. The van der Waals surface area contributed by atoms with Gasteiger partial charge in [-0.05, 0) is 48.4 Å². The topological polar surface area (TPSA) is 66.5 Å². The number of carbonyl (C=O) groups is 1. The predicted molar refractivity (Wildman–Crippen MR) is 116 cm³/mol. The zero-order valence-electron chi connectivity index (χ0n) is 16.1. The third-order valence-corrected chi connectivity index (χ3v) is 6.22. The highest BCUT2D eigenvalue weighted by atomic mass is 35.5. The van der Waals surface area contributed by atoms with Gasteiger partial charge in [0.1, 0.15) is 0 Å². The van der Waals surface area contributed by atoms with Crippen molar-refractivity contribution in [1.29, 1.82) is 0 Å². The summed E-state index contributed by atoms with van der Waals surface area (Å²) in [6, 6.07) is 20.4. The van der Waals surface area contributed by atoms with Gasteiger partial charge in [-0.25, -0.2) is 8.42 Å². The third kappa shape index (κ3) is 4.96. The molecular formula is C22H21ClN2O3S. The number of aryl methyl sites for hydroxylation is 1. The lowest BCUT2D eigenvalue weighted by molar-refractivity contribution is 0.0784. The normalized spacial score (nSPS) is 11.1. The van der Waals surface area contributed by atoms with E-state index in [1.165, 1.54) is 12.1 Å². The molecule has 0 aliphatic heterocycles. The van der Waals surface area contributed by atoms with Crippen LogP contribution in [0.4, 0.5) is 5.69 Å². The molecule has 3 aromatic carbocycles. The van der Waals surface area contributed by atoms with E-state index in [4.69, 9.17) is 11.6 Å². The molecule has 0 fully saturated rings. The molecule has 5 nitrogen and oxygen atoms in total. The number of anilines is 1. The van der Waals surface area contributed by atoms with Gasteiger partial charge in [0.15, 0.2) is 0 Å². The highest BCUT2D eigenvalue weighted by Gasteiger charge is 2.19. The van der Waals surface area contributed by atoms with Gasteiger partial charge < -0.3 is 4.90 Å². The average Bonchev–Trinajstić information content (AvgIpc) is 2.71. The Kier molecular flexibility index (Phi) is 6.25. The molecular weight excluding hydrogens is 408 g/mol. The lowest BCUT2D eigenvalue weighted by atomic mass is 10.1. The minimum absolute atomic E-state index is 0.00689. The van der Waals surface area contributed by atoms with E-state index in [0.29, 0.717) is 17.1 Å². The number of rotatable bonds is 6. The van der Waals surface area contributed by atoms with E-state index in [0.717, 1.165) is 11.1 Å². The Hall–Kier alpha value is -2.83. The largest absolute Gasteiger partial charge is 0.337 e. The molecule has 0 aliphatic carbocycles. The highest BCUT2D eigenvalue weighted by molar-refractivity contribution is 7.92. The van der Waals surface area contributed by atoms with Gasteiger partial charge in [0.05, 0.1) is 15.6 Å². The van der Waals surface area contributed by atoms with Crippen LogP contribution in [0.1, 0.15) is 21.5 Å². The fraction of sp³-hybridized carbons (Fsp3) is 0.136. The summed E-state index contributed by atoms with van der Waals surface area (Å²) in [6.07, 6.45) is 0. The van der Waals surface area contributed by atoms with E-state index in [9.17, 15) is 13.2 Å². The Morgan fingerprint density at radius 1 is 1.00 bits per heavy atom. The Labute approximate surface area is 176 Å². The molecule has 7 heteroatoms. The highest BCUT2D eigenvalue weighted by Crippen LogP contribution is 2.24. The van der Waals surface area contributed by atoms with Crippen molar-refractivity contribution in [1.82, 2.24) is 4.90 Å². The summed E-state index contributed by atoms with van der Waals surface area (Å²) in [4.78, 5) is 14.4. The summed E-state index contributed by atoms with van der Waals surface area (Å²) < 4.78 is 27.9. The van der Waals surface area contributed by atoms with Gasteiger partial charge in [-0.15, -0.1) is 0 Å². The monoisotopic (exact) mass is 428 g/mol. The van der Waals surface area contributed by atoms with Crippen molar-refractivity contribution in [3.8, 4) is 0 Å². The maximum absolute atomic E-state index is 12.8. The lowest BCUT2D eigenvalue weighted by Gasteiger charge is -2.19. The van der Waals surface area contributed by atoms with Crippen LogP contribution >= 0.6 is 11.6 Å². The van der Waals surface area contributed by atoms with Crippen molar-refractivity contribution in [2.45, 2.75) is 18.4 Å². The lowest BCUT2D eigenvalue weighted by Crippen LogP contribution is -2.26. The van der Waals surface area contributed by atoms with Crippen molar-refractivity contribution >= 4 is 33.2 Å². The Bertz CT molecular complexity index is 1150. The number of hydrogen-bond acceptors (Lipinski definition) is 3. The quantitative estimate of drug-likeness (QED) is 0.617. The maximum atomic E-state index is 12.8. The minimum Gasteiger partial charge on any atom is -0.337 e. The standard InChI is InChI=1S/C22H21ClN2O3S/c1-16-8-3-4-9-18(16)15-25(2)22(26)17-10-7-11-19(14-17)29(27,28)24-21-13-6-5-12-20(21)23/h3-14,24H,15H2,1-2H3. The molecule has 0 radical (unpaired) electrons. The van der Waals surface area contributed by atoms with Gasteiger partial charge >= 0.3 is 0 Å². The summed E-state index contributed by atoms with van der Waals surface area (Å²) in [6.45, 7) is 2.42. The van der Waals surface area contributed by atoms with Gasteiger partial charge in [0.2, 0.25) is 0 Å². The number of para-hydroxylation sites is 1. The molecule has 3 rings (SSSR count). The van der Waals surface area contributed by atoms with Gasteiger partial charge in [-0.3, -0.25) is 9.52 Å². The Morgan fingerprint density at radius 2 is 1.69 bits per heavy atom. The van der Waals surface area contributed by atoms with Gasteiger partial charge in [0.25, 0.3) is 15.9 Å². The molecule has 1 amide bonds. The summed E-state index contributed by atoms with van der Waals surface area (Å²) in [7, 11) is -2.20. The van der Waals surface area contributed by atoms with Gasteiger partial charge in [0, 0.05) is 19.2 Å². The second-order valence-corrected chi connectivity index (χ2v) is 8.79. The third-order valence-electron chi connectivity index (χ3n) is 4.52. The number of nitrogens with zero attached hydrogens (tertiary/aromatic N) is 1. The van der Waals surface area contributed by atoms with E-state index < -0.39 is 10.0 Å². The Balaban J connectivity index is 1.82. The van der Waals surface area contributed by atoms with E-state index in [1.54, 1.807) is 48.3 Å². The molecule has 29 heavy (non-hydrogen) atoms. The van der Waals surface area contributed by atoms with Gasteiger partial charge in [-0.2, -0.15) is 0 Å². The summed E-state index contributed by atoms with van der Waals surface area (Å²) in [5.74, 6) is -0.261. The van der Waals surface area contributed by atoms with E-state index >= 15 is 0 Å². The smallest absolute Gasteiger partial charge is 0.261 e. The van der Waals surface area contributed by atoms with Crippen LogP contribution in [0.2, 0.25) is 5.02 Å². The van der Waals surface area contributed by atoms with E-state index in [2.05, 4.69) is 4.72 Å². The maximum Gasteiger partial charge on any atom is 0.261 e. The van der Waals surface area contributed by atoms with Crippen LogP contribution in [0.5, 0.6) is 0 Å². The summed E-state index contributed by atoms with van der Waals surface area (Å²) in [5.41, 5.74) is 2.70. The van der Waals surface area contributed by atoms with Crippen molar-refractivity contribution < 1.29 is 13.2 Å². The van der Waals surface area contributed by atoms with Crippen molar-refractivity contribution in [3.05, 3.63) is 94.5 Å². The molecule has 0 heterocycles. The fourth-order valence-electron chi connectivity index (χ4n) is 2.88. The predicted octanol–water partition coefficient (Wildman–Crippen LogP) is 4.72. The molecule has 3 aromatic rings. The summed E-state index contributed by atoms with van der Waals surface area (Å²) >= 11 is 6.04. The molecule has 1 N–H and O–H groups in total. The molecule has 0 saturated heterocycles. The zero-order chi connectivity index (χ0) is 21.0. The molecule has 0 unspecified atom stereocenters. The molecule has 0 aromatic heterocycles. The summed E-state index contributed by atoms with van der Waals surface area (Å²) in [5, 5.41) is 0.293. The number of nitrogens with one attached hydrogen (secondary N) is 1. The van der Waals surface area contributed by atoms with Gasteiger partial charge in [-0.1, -0.05) is 54.1 Å². The zero-order valence-corrected chi connectivity index (χ0v) is 17.7. The Morgan fingerprint density at radius 3 is 2.41 bits per heavy atom. The van der Waals surface area contributed by atoms with E-state index in [-0.39, 0.29) is 16.5 Å². The number of hydrogen-bond donors (Lipinski definition) is 1. The number of sulfonamides is 1.